The summed E-state index contributed by atoms with van der Waals surface area (Å²) in [6, 6.07) is 9.96. The van der Waals surface area contributed by atoms with Gasteiger partial charge in [-0.3, -0.25) is 4.79 Å². The average molecular weight is 263 g/mol. The molecule has 5 nitrogen and oxygen atoms in total. The first-order valence-electron chi connectivity index (χ1n) is 6.32. The van der Waals surface area contributed by atoms with Gasteiger partial charge in [-0.15, -0.1) is 0 Å². The summed E-state index contributed by atoms with van der Waals surface area (Å²) in [5.41, 5.74) is 1.12. The van der Waals surface area contributed by atoms with E-state index < -0.39 is 12.6 Å². The molecule has 1 aliphatic heterocycles. The van der Waals surface area contributed by atoms with Crippen molar-refractivity contribution in [3.8, 4) is 0 Å². The molecule has 5 heteroatoms. The third-order valence-corrected chi connectivity index (χ3v) is 3.21. The highest BCUT2D eigenvalue weighted by Gasteiger charge is 2.29. The lowest BCUT2D eigenvalue weighted by Gasteiger charge is -2.25. The number of carbonyl (C=O) groups excluding carboxylic acids is 1. The van der Waals surface area contributed by atoms with Crippen molar-refractivity contribution in [1.82, 2.24) is 4.90 Å². The molecule has 0 saturated carbocycles. The van der Waals surface area contributed by atoms with Crippen LogP contribution in [-0.2, 0) is 14.3 Å². The fourth-order valence-electron chi connectivity index (χ4n) is 2.40. The molecule has 0 bridgehead atoms. The Morgan fingerprint density at radius 3 is 2.68 bits per heavy atom. The zero-order chi connectivity index (χ0) is 13.7. The summed E-state index contributed by atoms with van der Waals surface area (Å²) >= 11 is 0. The van der Waals surface area contributed by atoms with Crippen LogP contribution >= 0.6 is 0 Å². The first kappa shape index (κ1) is 13.5. The number of aliphatic carboxylic acids is 1. The van der Waals surface area contributed by atoms with Gasteiger partial charge >= 0.3 is 5.97 Å². The summed E-state index contributed by atoms with van der Waals surface area (Å²) in [6.45, 7) is 0.0973. The van der Waals surface area contributed by atoms with Crippen molar-refractivity contribution in [2.75, 3.05) is 19.8 Å². The zero-order valence-electron chi connectivity index (χ0n) is 10.6. The Kier molecular flexibility index (Phi) is 4.52. The van der Waals surface area contributed by atoms with Crippen LogP contribution in [0, 0.1) is 0 Å². The third kappa shape index (κ3) is 3.54. The number of rotatable bonds is 5. The van der Waals surface area contributed by atoms with Gasteiger partial charge in [0.1, 0.15) is 13.2 Å². The standard InChI is InChI=1S/C14H17NO4/c16-13(9-19-10-14(17)18)15-8-4-7-12(15)11-5-2-1-3-6-11/h1-3,5-6,12H,4,7-10H2,(H,17,18). The number of carboxylic acid groups (broad SMARTS) is 1. The molecule has 1 N–H and O–H groups in total. The smallest absolute Gasteiger partial charge is 0.329 e. The van der Waals surface area contributed by atoms with Gasteiger partial charge in [0.15, 0.2) is 0 Å². The van der Waals surface area contributed by atoms with Gasteiger partial charge in [-0.1, -0.05) is 30.3 Å². The Bertz CT molecular complexity index is 446. The van der Waals surface area contributed by atoms with E-state index in [0.29, 0.717) is 6.54 Å². The van der Waals surface area contributed by atoms with Gasteiger partial charge in [0.05, 0.1) is 6.04 Å². The van der Waals surface area contributed by atoms with E-state index in [2.05, 4.69) is 0 Å². The van der Waals surface area contributed by atoms with E-state index in [4.69, 9.17) is 9.84 Å². The molecule has 1 saturated heterocycles. The third-order valence-electron chi connectivity index (χ3n) is 3.21. The van der Waals surface area contributed by atoms with Crippen LogP contribution in [0.2, 0.25) is 0 Å². The lowest BCUT2D eigenvalue weighted by molar-refractivity contribution is -0.146. The molecule has 0 aromatic heterocycles. The number of hydrogen-bond donors (Lipinski definition) is 1. The Morgan fingerprint density at radius 1 is 1.26 bits per heavy atom. The molecule has 19 heavy (non-hydrogen) atoms. The molecule has 1 aliphatic rings. The maximum atomic E-state index is 12.0. The lowest BCUT2D eigenvalue weighted by Crippen LogP contribution is -2.34. The normalized spacial score (nSPS) is 18.5. The highest BCUT2D eigenvalue weighted by Crippen LogP contribution is 2.31. The topological polar surface area (TPSA) is 66.8 Å². The fourth-order valence-corrected chi connectivity index (χ4v) is 2.40. The molecule has 1 amide bonds. The van der Waals surface area contributed by atoms with Crippen LogP contribution in [0.25, 0.3) is 0 Å². The summed E-state index contributed by atoms with van der Waals surface area (Å²) in [6.07, 6.45) is 1.90. The van der Waals surface area contributed by atoms with Crippen molar-refractivity contribution < 1.29 is 19.4 Å². The summed E-state index contributed by atoms with van der Waals surface area (Å²) in [4.78, 5) is 24.1. The van der Waals surface area contributed by atoms with Gasteiger partial charge in [0.2, 0.25) is 5.91 Å². The zero-order valence-corrected chi connectivity index (χ0v) is 10.6. The van der Waals surface area contributed by atoms with Crippen LogP contribution in [0.4, 0.5) is 0 Å². The van der Waals surface area contributed by atoms with Gasteiger partial charge < -0.3 is 14.7 Å². The number of benzene rings is 1. The molecule has 0 spiro atoms. The minimum absolute atomic E-state index is 0.0853. The average Bonchev–Trinajstić information content (AvgIpc) is 2.88. The number of carbonyl (C=O) groups is 2. The lowest BCUT2D eigenvalue weighted by atomic mass is 10.0. The minimum atomic E-state index is -1.06. The summed E-state index contributed by atoms with van der Waals surface area (Å²) in [5.74, 6) is -1.21. The second-order valence-electron chi connectivity index (χ2n) is 4.54. The number of hydrogen-bond acceptors (Lipinski definition) is 3. The largest absolute Gasteiger partial charge is 0.480 e. The van der Waals surface area contributed by atoms with Crippen molar-refractivity contribution in [3.63, 3.8) is 0 Å². The molecule has 1 unspecified atom stereocenters. The Morgan fingerprint density at radius 2 is 2.00 bits per heavy atom. The van der Waals surface area contributed by atoms with Gasteiger partial charge in [-0.25, -0.2) is 4.79 Å². The maximum absolute atomic E-state index is 12.0. The summed E-state index contributed by atoms with van der Waals surface area (Å²) in [5, 5.41) is 8.47. The molecular weight excluding hydrogens is 246 g/mol. The summed E-state index contributed by atoms with van der Waals surface area (Å²) in [7, 11) is 0. The van der Waals surface area contributed by atoms with E-state index >= 15 is 0 Å². The SMILES string of the molecule is O=C(O)COCC(=O)N1CCCC1c1ccccc1. The molecule has 2 rings (SSSR count). The monoisotopic (exact) mass is 263 g/mol. The van der Waals surface area contributed by atoms with Crippen molar-refractivity contribution in [3.05, 3.63) is 35.9 Å². The van der Waals surface area contributed by atoms with Crippen LogP contribution in [0.15, 0.2) is 30.3 Å². The van der Waals surface area contributed by atoms with Crippen LogP contribution in [0.5, 0.6) is 0 Å². The van der Waals surface area contributed by atoms with Crippen LogP contribution in [0.3, 0.4) is 0 Å². The molecule has 1 heterocycles. The van der Waals surface area contributed by atoms with Crippen molar-refractivity contribution >= 4 is 11.9 Å². The van der Waals surface area contributed by atoms with Gasteiger partial charge in [0.25, 0.3) is 0 Å². The highest BCUT2D eigenvalue weighted by atomic mass is 16.5. The van der Waals surface area contributed by atoms with Gasteiger partial charge in [-0.2, -0.15) is 0 Å². The van der Waals surface area contributed by atoms with E-state index in [0.717, 1.165) is 18.4 Å². The number of amides is 1. The van der Waals surface area contributed by atoms with E-state index in [1.807, 2.05) is 30.3 Å². The van der Waals surface area contributed by atoms with Gasteiger partial charge in [0, 0.05) is 6.54 Å². The van der Waals surface area contributed by atoms with Crippen LogP contribution in [0.1, 0.15) is 24.4 Å². The summed E-state index contributed by atoms with van der Waals surface area (Å²) < 4.78 is 4.86. The highest BCUT2D eigenvalue weighted by molar-refractivity contribution is 5.78. The molecule has 1 atom stereocenters. The molecule has 0 radical (unpaired) electrons. The number of ether oxygens (including phenoxy) is 1. The molecule has 102 valence electrons. The Hall–Kier alpha value is -1.88. The second kappa shape index (κ2) is 6.33. The number of carboxylic acids is 1. The van der Waals surface area contributed by atoms with Crippen molar-refractivity contribution in [2.45, 2.75) is 18.9 Å². The second-order valence-corrected chi connectivity index (χ2v) is 4.54. The predicted molar refractivity (Wildman–Crippen MR) is 68.6 cm³/mol. The minimum Gasteiger partial charge on any atom is -0.480 e. The van der Waals surface area contributed by atoms with Crippen molar-refractivity contribution in [1.29, 1.82) is 0 Å². The number of likely N-dealkylation sites (tertiary alicyclic amines) is 1. The molecular formula is C14H17NO4. The van der Waals surface area contributed by atoms with Crippen molar-refractivity contribution in [2.24, 2.45) is 0 Å². The molecule has 0 aliphatic carbocycles. The van der Waals surface area contributed by atoms with Gasteiger partial charge in [-0.05, 0) is 18.4 Å². The van der Waals surface area contributed by atoms with E-state index in [-0.39, 0.29) is 18.6 Å². The molecule has 1 fully saturated rings. The van der Waals surface area contributed by atoms with Crippen LogP contribution < -0.4 is 0 Å². The predicted octanol–water partition coefficient (Wildman–Crippen LogP) is 1.45. The maximum Gasteiger partial charge on any atom is 0.329 e. The van der Waals surface area contributed by atoms with Crippen LogP contribution in [-0.4, -0.2) is 41.6 Å². The first-order valence-corrected chi connectivity index (χ1v) is 6.32. The van der Waals surface area contributed by atoms with E-state index in [9.17, 15) is 9.59 Å². The Labute approximate surface area is 111 Å². The van der Waals surface area contributed by atoms with E-state index in [1.165, 1.54) is 0 Å². The quantitative estimate of drug-likeness (QED) is 0.873. The molecule has 1 aromatic carbocycles. The fraction of sp³-hybridized carbons (Fsp3) is 0.429. The first-order chi connectivity index (χ1) is 9.18. The van der Waals surface area contributed by atoms with E-state index in [1.54, 1.807) is 4.90 Å². The molecule has 1 aromatic rings. The Balaban J connectivity index is 1.95. The number of nitrogens with zero attached hydrogens (tertiary/aromatic N) is 1.